The lowest BCUT2D eigenvalue weighted by atomic mass is 9.85. The molecular weight excluding hydrogens is 264 g/mol. The highest BCUT2D eigenvalue weighted by Crippen LogP contribution is 2.34. The Hall–Kier alpha value is -1.94. The molecule has 1 aliphatic heterocycles. The largest absolute Gasteiger partial charge is 0.316 e. The monoisotopic (exact) mass is 285 g/mol. The van der Waals surface area contributed by atoms with Crippen molar-refractivity contribution < 1.29 is 14.5 Å². The topological polar surface area (TPSA) is 41.8 Å². The standard InChI is InChI=1S/C17H20N2O2/c1-18(11-13-7-3-2-4-8-13)12-19-16(20)14-9-5-6-10-15(14)17(19)21/h2-8,14-15H,9-12H2,1H3/p+1/t14-,15-/m0/s1. The highest BCUT2D eigenvalue weighted by Gasteiger charge is 2.48. The molecule has 3 atom stereocenters. The number of likely N-dealkylation sites (tertiary alicyclic amines) is 1. The van der Waals surface area contributed by atoms with Crippen molar-refractivity contribution in [2.45, 2.75) is 19.4 Å². The molecule has 4 heteroatoms. The van der Waals surface area contributed by atoms with Gasteiger partial charge in [0.15, 0.2) is 6.67 Å². The third kappa shape index (κ3) is 2.76. The van der Waals surface area contributed by atoms with E-state index in [1.165, 1.54) is 10.5 Å². The van der Waals surface area contributed by atoms with Crippen LogP contribution in [0.3, 0.4) is 0 Å². The summed E-state index contributed by atoms with van der Waals surface area (Å²) in [5, 5.41) is 0. The first-order valence-electron chi connectivity index (χ1n) is 7.52. The lowest BCUT2D eigenvalue weighted by Crippen LogP contribution is -3.09. The quantitative estimate of drug-likeness (QED) is 0.650. The molecule has 1 aromatic carbocycles. The molecule has 3 rings (SSSR count). The lowest BCUT2D eigenvalue weighted by molar-refractivity contribution is -0.901. The number of carbonyl (C=O) groups excluding carboxylic acids is 2. The summed E-state index contributed by atoms with van der Waals surface area (Å²) in [4.78, 5) is 27.4. The van der Waals surface area contributed by atoms with Gasteiger partial charge in [0, 0.05) is 5.56 Å². The zero-order chi connectivity index (χ0) is 14.8. The van der Waals surface area contributed by atoms with Crippen molar-refractivity contribution in [3.63, 3.8) is 0 Å². The minimum absolute atomic E-state index is 0.0155. The van der Waals surface area contributed by atoms with Gasteiger partial charge in [0.25, 0.3) is 0 Å². The highest BCUT2D eigenvalue weighted by molar-refractivity contribution is 6.05. The van der Waals surface area contributed by atoms with E-state index in [1.54, 1.807) is 0 Å². The summed E-state index contributed by atoms with van der Waals surface area (Å²) in [6.07, 6.45) is 5.47. The minimum atomic E-state index is -0.118. The second kappa shape index (κ2) is 5.82. The van der Waals surface area contributed by atoms with Crippen LogP contribution in [0.5, 0.6) is 0 Å². The predicted octanol–water partition coefficient (Wildman–Crippen LogP) is 0.610. The minimum Gasteiger partial charge on any atom is -0.316 e. The zero-order valence-electron chi connectivity index (χ0n) is 12.3. The van der Waals surface area contributed by atoms with E-state index < -0.39 is 0 Å². The summed E-state index contributed by atoms with van der Waals surface area (Å²) in [7, 11) is 2.02. The average Bonchev–Trinajstić information content (AvgIpc) is 2.74. The van der Waals surface area contributed by atoms with Gasteiger partial charge in [0.2, 0.25) is 11.8 Å². The maximum Gasteiger partial charge on any atom is 0.237 e. The van der Waals surface area contributed by atoms with Gasteiger partial charge >= 0.3 is 0 Å². The molecule has 0 radical (unpaired) electrons. The Kier molecular flexibility index (Phi) is 3.88. The molecular formula is C17H21N2O2+. The first-order chi connectivity index (χ1) is 10.2. The fourth-order valence-electron chi connectivity index (χ4n) is 3.29. The number of quaternary nitrogens is 1. The van der Waals surface area contributed by atoms with E-state index in [1.807, 2.05) is 37.4 Å². The molecule has 1 fully saturated rings. The van der Waals surface area contributed by atoms with E-state index in [4.69, 9.17) is 0 Å². The van der Waals surface area contributed by atoms with Crippen molar-refractivity contribution in [1.29, 1.82) is 0 Å². The van der Waals surface area contributed by atoms with Gasteiger partial charge in [-0.05, 0) is 12.8 Å². The van der Waals surface area contributed by atoms with Crippen LogP contribution in [0.2, 0.25) is 0 Å². The molecule has 21 heavy (non-hydrogen) atoms. The van der Waals surface area contributed by atoms with E-state index in [0.717, 1.165) is 11.4 Å². The maximum atomic E-state index is 12.4. The van der Waals surface area contributed by atoms with Crippen molar-refractivity contribution in [1.82, 2.24) is 4.90 Å². The molecule has 1 aliphatic carbocycles. The molecule has 1 saturated heterocycles. The van der Waals surface area contributed by atoms with Crippen molar-refractivity contribution >= 4 is 11.8 Å². The van der Waals surface area contributed by atoms with E-state index in [-0.39, 0.29) is 23.7 Å². The van der Waals surface area contributed by atoms with Crippen molar-refractivity contribution in [2.75, 3.05) is 13.7 Å². The Morgan fingerprint density at radius 3 is 2.19 bits per heavy atom. The first-order valence-corrected chi connectivity index (χ1v) is 7.52. The van der Waals surface area contributed by atoms with Crippen LogP contribution in [-0.2, 0) is 16.1 Å². The number of nitrogens with zero attached hydrogens (tertiary/aromatic N) is 1. The van der Waals surface area contributed by atoms with E-state index in [2.05, 4.69) is 12.1 Å². The Morgan fingerprint density at radius 2 is 1.62 bits per heavy atom. The summed E-state index contributed by atoms with van der Waals surface area (Å²) >= 11 is 0. The molecule has 0 aromatic heterocycles. The molecule has 0 spiro atoms. The van der Waals surface area contributed by atoms with Gasteiger partial charge in [-0.2, -0.15) is 0 Å². The Labute approximate surface area is 125 Å². The number of rotatable bonds is 4. The van der Waals surface area contributed by atoms with Crippen molar-refractivity contribution in [3.05, 3.63) is 48.0 Å². The molecule has 1 N–H and O–H groups in total. The van der Waals surface area contributed by atoms with Crippen LogP contribution in [0.15, 0.2) is 42.5 Å². The third-order valence-electron chi connectivity index (χ3n) is 4.38. The number of nitrogens with one attached hydrogen (secondary N) is 1. The van der Waals surface area contributed by atoms with Gasteiger partial charge in [0.05, 0.1) is 18.9 Å². The summed E-state index contributed by atoms with van der Waals surface area (Å²) in [6.45, 7) is 1.27. The molecule has 0 bridgehead atoms. The number of allylic oxidation sites excluding steroid dienone is 2. The lowest BCUT2D eigenvalue weighted by Gasteiger charge is -2.20. The van der Waals surface area contributed by atoms with Crippen LogP contribution in [0.4, 0.5) is 0 Å². The number of fused-ring (bicyclic) bond motifs is 1. The maximum absolute atomic E-state index is 12.4. The van der Waals surface area contributed by atoms with Crippen LogP contribution < -0.4 is 4.90 Å². The number of benzene rings is 1. The smallest absolute Gasteiger partial charge is 0.237 e. The fourth-order valence-corrected chi connectivity index (χ4v) is 3.29. The van der Waals surface area contributed by atoms with Crippen molar-refractivity contribution in [2.24, 2.45) is 11.8 Å². The van der Waals surface area contributed by atoms with Crippen LogP contribution in [0.1, 0.15) is 18.4 Å². The molecule has 1 heterocycles. The van der Waals surface area contributed by atoms with Gasteiger partial charge in [-0.1, -0.05) is 42.5 Å². The van der Waals surface area contributed by atoms with Gasteiger partial charge in [-0.3, -0.25) is 9.59 Å². The van der Waals surface area contributed by atoms with Crippen LogP contribution in [0.25, 0.3) is 0 Å². The van der Waals surface area contributed by atoms with E-state index in [0.29, 0.717) is 19.5 Å². The number of amides is 2. The summed E-state index contributed by atoms with van der Waals surface area (Å²) in [6, 6.07) is 10.1. The van der Waals surface area contributed by atoms with Gasteiger partial charge < -0.3 is 4.90 Å². The first kappa shape index (κ1) is 14.0. The normalized spacial score (nSPS) is 26.0. The molecule has 110 valence electrons. The molecule has 1 unspecified atom stereocenters. The molecule has 2 aliphatic rings. The highest BCUT2D eigenvalue weighted by atomic mass is 16.2. The Balaban J connectivity index is 1.65. The predicted molar refractivity (Wildman–Crippen MR) is 79.1 cm³/mol. The van der Waals surface area contributed by atoms with Crippen molar-refractivity contribution in [3.8, 4) is 0 Å². The molecule has 4 nitrogen and oxygen atoms in total. The Morgan fingerprint density at radius 1 is 1.05 bits per heavy atom. The summed E-state index contributed by atoms with van der Waals surface area (Å²) in [5.41, 5.74) is 1.22. The fraction of sp³-hybridized carbons (Fsp3) is 0.412. The number of carbonyl (C=O) groups is 2. The van der Waals surface area contributed by atoms with Gasteiger partial charge in [-0.15, -0.1) is 0 Å². The van der Waals surface area contributed by atoms with Crippen LogP contribution in [0, 0.1) is 11.8 Å². The number of hydrogen-bond acceptors (Lipinski definition) is 2. The zero-order valence-corrected chi connectivity index (χ0v) is 12.3. The SMILES string of the molecule is C[NH+](Cc1ccccc1)CN1C(=O)[C@H]2CC=CC[C@@H]2C1=O. The number of hydrogen-bond donors (Lipinski definition) is 1. The summed E-state index contributed by atoms with van der Waals surface area (Å²) < 4.78 is 0. The Bertz CT molecular complexity index is 541. The second-order valence-electron chi connectivity index (χ2n) is 6.04. The van der Waals surface area contributed by atoms with E-state index >= 15 is 0 Å². The molecule has 1 aromatic rings. The summed E-state index contributed by atoms with van der Waals surface area (Å²) in [5.74, 6) is -0.206. The van der Waals surface area contributed by atoms with Gasteiger partial charge in [-0.25, -0.2) is 4.90 Å². The van der Waals surface area contributed by atoms with E-state index in [9.17, 15) is 9.59 Å². The second-order valence-corrected chi connectivity index (χ2v) is 6.04. The average molecular weight is 285 g/mol. The molecule has 2 amide bonds. The van der Waals surface area contributed by atoms with Gasteiger partial charge in [0.1, 0.15) is 6.54 Å². The molecule has 0 saturated carbocycles. The van der Waals surface area contributed by atoms with Crippen LogP contribution >= 0.6 is 0 Å². The van der Waals surface area contributed by atoms with Crippen LogP contribution in [-0.4, -0.2) is 30.4 Å². The number of imide groups is 1. The third-order valence-corrected chi connectivity index (χ3v) is 4.38.